The SMILES string of the molecule is O=C(O)CCC1CCN(Cc2ccc(Br)cn2)CC1. The Bertz CT molecular complexity index is 414. The second-order valence-corrected chi connectivity index (χ2v) is 6.04. The molecule has 0 radical (unpaired) electrons. The maximum Gasteiger partial charge on any atom is 0.303 e. The van der Waals surface area contributed by atoms with Crippen LogP contribution in [-0.2, 0) is 11.3 Å². The Morgan fingerprint density at radius 2 is 2.16 bits per heavy atom. The van der Waals surface area contributed by atoms with Crippen molar-refractivity contribution in [1.82, 2.24) is 9.88 Å². The van der Waals surface area contributed by atoms with E-state index in [1.165, 1.54) is 0 Å². The minimum atomic E-state index is -0.679. The van der Waals surface area contributed by atoms with Crippen molar-refractivity contribution in [2.75, 3.05) is 13.1 Å². The summed E-state index contributed by atoms with van der Waals surface area (Å²) in [5.74, 6) is -0.105. The minimum Gasteiger partial charge on any atom is -0.481 e. The lowest BCUT2D eigenvalue weighted by molar-refractivity contribution is -0.137. The maximum absolute atomic E-state index is 10.6. The zero-order valence-electron chi connectivity index (χ0n) is 10.9. The first kappa shape index (κ1) is 14.5. The number of pyridine rings is 1. The van der Waals surface area contributed by atoms with Gasteiger partial charge in [-0.25, -0.2) is 0 Å². The average molecular weight is 327 g/mol. The summed E-state index contributed by atoms with van der Waals surface area (Å²) >= 11 is 3.38. The van der Waals surface area contributed by atoms with Gasteiger partial charge in [0, 0.05) is 23.6 Å². The van der Waals surface area contributed by atoms with Gasteiger partial charge in [0.1, 0.15) is 0 Å². The molecule has 0 spiro atoms. The zero-order chi connectivity index (χ0) is 13.7. The molecule has 0 amide bonds. The quantitative estimate of drug-likeness (QED) is 0.903. The second kappa shape index (κ2) is 7.01. The van der Waals surface area contributed by atoms with Gasteiger partial charge in [0.2, 0.25) is 0 Å². The van der Waals surface area contributed by atoms with Crippen LogP contribution in [0.4, 0.5) is 0 Å². The molecule has 0 bridgehead atoms. The molecule has 104 valence electrons. The predicted octanol–water partition coefficient (Wildman–Crippen LogP) is 2.92. The van der Waals surface area contributed by atoms with E-state index in [-0.39, 0.29) is 0 Å². The van der Waals surface area contributed by atoms with E-state index in [1.54, 1.807) is 0 Å². The fourth-order valence-electron chi connectivity index (χ4n) is 2.49. The Morgan fingerprint density at radius 3 is 2.74 bits per heavy atom. The first-order chi connectivity index (χ1) is 9.13. The number of hydrogen-bond acceptors (Lipinski definition) is 3. The molecule has 1 aliphatic heterocycles. The standard InChI is InChI=1S/C14H19BrN2O2/c15-12-2-3-13(16-9-12)10-17-7-5-11(6-8-17)1-4-14(18)19/h2-3,9,11H,1,4-8,10H2,(H,18,19). The van der Waals surface area contributed by atoms with Gasteiger partial charge in [-0.1, -0.05) is 0 Å². The van der Waals surface area contributed by atoms with E-state index in [1.807, 2.05) is 18.3 Å². The zero-order valence-corrected chi connectivity index (χ0v) is 12.5. The number of carboxylic acids is 1. The van der Waals surface area contributed by atoms with E-state index in [4.69, 9.17) is 5.11 Å². The smallest absolute Gasteiger partial charge is 0.303 e. The molecule has 1 aromatic rings. The molecule has 2 heterocycles. The van der Waals surface area contributed by atoms with Crippen LogP contribution in [0.15, 0.2) is 22.8 Å². The third kappa shape index (κ3) is 4.91. The number of aliphatic carboxylic acids is 1. The highest BCUT2D eigenvalue weighted by Gasteiger charge is 2.20. The summed E-state index contributed by atoms with van der Waals surface area (Å²) < 4.78 is 1.00. The van der Waals surface area contributed by atoms with E-state index >= 15 is 0 Å². The number of nitrogens with zero attached hydrogens (tertiary/aromatic N) is 2. The molecular weight excluding hydrogens is 308 g/mol. The van der Waals surface area contributed by atoms with Crippen molar-refractivity contribution < 1.29 is 9.90 Å². The monoisotopic (exact) mass is 326 g/mol. The normalized spacial score (nSPS) is 17.5. The summed E-state index contributed by atoms with van der Waals surface area (Å²) in [6.45, 7) is 2.98. The van der Waals surface area contributed by atoms with E-state index in [9.17, 15) is 4.79 Å². The highest BCUT2D eigenvalue weighted by atomic mass is 79.9. The Hall–Kier alpha value is -0.940. The third-order valence-corrected chi connectivity index (χ3v) is 4.12. The van der Waals surface area contributed by atoms with Crippen LogP contribution in [0.2, 0.25) is 0 Å². The van der Waals surface area contributed by atoms with Gasteiger partial charge >= 0.3 is 5.97 Å². The van der Waals surface area contributed by atoms with Crippen LogP contribution in [0.1, 0.15) is 31.4 Å². The summed E-state index contributed by atoms with van der Waals surface area (Å²) in [6.07, 6.45) is 5.15. The molecule has 1 aliphatic rings. The predicted molar refractivity (Wildman–Crippen MR) is 76.8 cm³/mol. The van der Waals surface area contributed by atoms with E-state index < -0.39 is 5.97 Å². The molecule has 5 heteroatoms. The third-order valence-electron chi connectivity index (χ3n) is 3.65. The summed E-state index contributed by atoms with van der Waals surface area (Å²) in [7, 11) is 0. The Balaban J connectivity index is 1.74. The van der Waals surface area contributed by atoms with Crippen LogP contribution >= 0.6 is 15.9 Å². The fourth-order valence-corrected chi connectivity index (χ4v) is 2.72. The Kier molecular flexibility index (Phi) is 5.34. The molecule has 19 heavy (non-hydrogen) atoms. The van der Waals surface area contributed by atoms with Crippen molar-refractivity contribution in [2.45, 2.75) is 32.2 Å². The fraction of sp³-hybridized carbons (Fsp3) is 0.571. The number of piperidine rings is 1. The van der Waals surface area contributed by atoms with Gasteiger partial charge in [0.25, 0.3) is 0 Å². The van der Waals surface area contributed by atoms with Gasteiger partial charge in [-0.05, 0) is 66.3 Å². The summed E-state index contributed by atoms with van der Waals surface area (Å²) in [6, 6.07) is 4.06. The molecule has 0 aromatic carbocycles. The number of carbonyl (C=O) groups is 1. The molecule has 1 aromatic heterocycles. The van der Waals surface area contributed by atoms with Gasteiger partial charge in [-0.15, -0.1) is 0 Å². The van der Waals surface area contributed by atoms with Crippen molar-refractivity contribution in [3.05, 3.63) is 28.5 Å². The molecule has 0 unspecified atom stereocenters. The van der Waals surface area contributed by atoms with Crippen LogP contribution in [0.5, 0.6) is 0 Å². The number of hydrogen-bond donors (Lipinski definition) is 1. The Labute approximate surface area is 122 Å². The number of aromatic nitrogens is 1. The van der Waals surface area contributed by atoms with E-state index in [2.05, 4.69) is 25.8 Å². The molecule has 1 N–H and O–H groups in total. The highest BCUT2D eigenvalue weighted by molar-refractivity contribution is 9.10. The van der Waals surface area contributed by atoms with Crippen molar-refractivity contribution in [3.8, 4) is 0 Å². The Morgan fingerprint density at radius 1 is 1.42 bits per heavy atom. The molecular formula is C14H19BrN2O2. The van der Waals surface area contributed by atoms with Crippen LogP contribution in [-0.4, -0.2) is 34.0 Å². The van der Waals surface area contributed by atoms with E-state index in [0.717, 1.165) is 49.1 Å². The topological polar surface area (TPSA) is 53.4 Å². The molecule has 2 rings (SSSR count). The van der Waals surface area contributed by atoms with Crippen LogP contribution in [0, 0.1) is 5.92 Å². The lowest BCUT2D eigenvalue weighted by Crippen LogP contribution is -2.33. The molecule has 1 fully saturated rings. The van der Waals surface area contributed by atoms with Crippen molar-refractivity contribution >= 4 is 21.9 Å². The first-order valence-corrected chi connectivity index (χ1v) is 7.47. The number of carboxylic acid groups (broad SMARTS) is 1. The van der Waals surface area contributed by atoms with E-state index in [0.29, 0.717) is 12.3 Å². The summed E-state index contributed by atoms with van der Waals surface area (Å²) in [5.41, 5.74) is 1.09. The van der Waals surface area contributed by atoms with Crippen LogP contribution < -0.4 is 0 Å². The lowest BCUT2D eigenvalue weighted by atomic mass is 9.92. The molecule has 4 nitrogen and oxygen atoms in total. The summed E-state index contributed by atoms with van der Waals surface area (Å²) in [4.78, 5) is 17.3. The van der Waals surface area contributed by atoms with Gasteiger partial charge in [0.15, 0.2) is 0 Å². The average Bonchev–Trinajstić information content (AvgIpc) is 2.40. The maximum atomic E-state index is 10.6. The van der Waals surface area contributed by atoms with Crippen molar-refractivity contribution in [2.24, 2.45) is 5.92 Å². The van der Waals surface area contributed by atoms with Crippen molar-refractivity contribution in [3.63, 3.8) is 0 Å². The number of likely N-dealkylation sites (tertiary alicyclic amines) is 1. The molecule has 1 saturated heterocycles. The van der Waals surface area contributed by atoms with Crippen molar-refractivity contribution in [1.29, 1.82) is 0 Å². The molecule has 0 saturated carbocycles. The highest BCUT2D eigenvalue weighted by Crippen LogP contribution is 2.22. The minimum absolute atomic E-state index is 0.304. The van der Waals surface area contributed by atoms with Gasteiger partial charge in [0.05, 0.1) is 5.69 Å². The molecule has 0 atom stereocenters. The number of rotatable bonds is 5. The van der Waals surface area contributed by atoms with Gasteiger partial charge in [-0.2, -0.15) is 0 Å². The molecule has 0 aliphatic carbocycles. The lowest BCUT2D eigenvalue weighted by Gasteiger charge is -2.31. The van der Waals surface area contributed by atoms with Gasteiger partial charge < -0.3 is 5.11 Å². The second-order valence-electron chi connectivity index (χ2n) is 5.12. The number of halogens is 1. The summed E-state index contributed by atoms with van der Waals surface area (Å²) in [5, 5.41) is 8.69. The van der Waals surface area contributed by atoms with Crippen LogP contribution in [0.3, 0.4) is 0 Å². The van der Waals surface area contributed by atoms with Gasteiger partial charge in [-0.3, -0.25) is 14.7 Å². The largest absolute Gasteiger partial charge is 0.481 e. The first-order valence-electron chi connectivity index (χ1n) is 6.68. The van der Waals surface area contributed by atoms with Crippen LogP contribution in [0.25, 0.3) is 0 Å².